The molecule has 1 aromatic heterocycles. The Bertz CT molecular complexity index is 693. The molecule has 0 atom stereocenters. The van der Waals surface area contributed by atoms with Gasteiger partial charge in [-0.3, -0.25) is 9.48 Å². The number of ketones is 1. The summed E-state index contributed by atoms with van der Waals surface area (Å²) in [6, 6.07) is 7.90. The molecule has 0 saturated heterocycles. The van der Waals surface area contributed by atoms with E-state index in [0.29, 0.717) is 6.42 Å². The molecule has 0 aliphatic carbocycles. The molecule has 0 N–H and O–H groups in total. The Morgan fingerprint density at radius 3 is 2.81 bits per heavy atom. The highest BCUT2D eigenvalue weighted by atomic mass is 79.9. The van der Waals surface area contributed by atoms with E-state index >= 15 is 0 Å². The third-order valence-electron chi connectivity index (χ3n) is 3.98. The fourth-order valence-electron chi connectivity index (χ4n) is 2.87. The van der Waals surface area contributed by atoms with Crippen LogP contribution in [0.1, 0.15) is 34.6 Å². The molecular weight excluding hydrogens is 330 g/mol. The molecular formula is C16H18BrN3O. The minimum atomic E-state index is 0.244. The summed E-state index contributed by atoms with van der Waals surface area (Å²) in [5.74, 6) is 0.244. The van der Waals surface area contributed by atoms with Crippen molar-refractivity contribution in [2.75, 3.05) is 11.4 Å². The molecule has 0 bridgehead atoms. The topological polar surface area (TPSA) is 38.1 Å². The van der Waals surface area contributed by atoms with E-state index in [-0.39, 0.29) is 5.78 Å². The highest BCUT2D eigenvalue weighted by Gasteiger charge is 2.22. The Hall–Kier alpha value is -1.62. The summed E-state index contributed by atoms with van der Waals surface area (Å²) in [5.41, 5.74) is 4.00. The zero-order valence-corrected chi connectivity index (χ0v) is 13.9. The van der Waals surface area contributed by atoms with Crippen molar-refractivity contribution < 1.29 is 4.79 Å². The van der Waals surface area contributed by atoms with Crippen molar-refractivity contribution in [2.24, 2.45) is 7.05 Å². The standard InChI is InChI=1S/C16H18BrN3O/c1-11-16(17)14(19(2)18-11)10-20-9-5-8-15(21)12-6-3-4-7-13(12)20/h3-4,6-7H,5,8-10H2,1-2H3. The van der Waals surface area contributed by atoms with Crippen molar-refractivity contribution in [3.05, 3.63) is 45.7 Å². The van der Waals surface area contributed by atoms with Crippen molar-refractivity contribution >= 4 is 27.4 Å². The van der Waals surface area contributed by atoms with E-state index in [1.54, 1.807) is 0 Å². The van der Waals surface area contributed by atoms with Crippen molar-refractivity contribution in [3.63, 3.8) is 0 Å². The van der Waals surface area contributed by atoms with Crippen LogP contribution >= 0.6 is 15.9 Å². The summed E-state index contributed by atoms with van der Waals surface area (Å²) in [4.78, 5) is 14.5. The van der Waals surface area contributed by atoms with Crippen LogP contribution < -0.4 is 4.90 Å². The predicted molar refractivity (Wildman–Crippen MR) is 86.7 cm³/mol. The number of anilines is 1. The van der Waals surface area contributed by atoms with Gasteiger partial charge in [-0.15, -0.1) is 0 Å². The van der Waals surface area contributed by atoms with Crippen LogP contribution in [0, 0.1) is 6.92 Å². The van der Waals surface area contributed by atoms with Crippen LogP contribution in [0.15, 0.2) is 28.7 Å². The van der Waals surface area contributed by atoms with E-state index in [4.69, 9.17) is 0 Å². The zero-order chi connectivity index (χ0) is 15.0. The fraction of sp³-hybridized carbons (Fsp3) is 0.375. The number of nitrogens with zero attached hydrogens (tertiary/aromatic N) is 3. The second kappa shape index (κ2) is 5.64. The maximum Gasteiger partial charge on any atom is 0.165 e. The number of para-hydroxylation sites is 1. The molecule has 1 aromatic carbocycles. The number of aryl methyl sites for hydroxylation is 2. The van der Waals surface area contributed by atoms with E-state index in [9.17, 15) is 4.79 Å². The number of halogens is 1. The normalized spacial score (nSPS) is 15.0. The number of aromatic nitrogens is 2. The summed E-state index contributed by atoms with van der Waals surface area (Å²) in [6.07, 6.45) is 1.51. The molecule has 0 amide bonds. The molecule has 2 aromatic rings. The van der Waals surface area contributed by atoms with Gasteiger partial charge in [-0.25, -0.2) is 0 Å². The second-order valence-corrected chi connectivity index (χ2v) is 6.23. The quantitative estimate of drug-likeness (QED) is 0.834. The largest absolute Gasteiger partial charge is 0.365 e. The van der Waals surface area contributed by atoms with Gasteiger partial charge in [0.15, 0.2) is 5.78 Å². The van der Waals surface area contributed by atoms with Crippen LogP contribution in [0.5, 0.6) is 0 Å². The van der Waals surface area contributed by atoms with Gasteiger partial charge in [-0.1, -0.05) is 12.1 Å². The van der Waals surface area contributed by atoms with Crippen LogP contribution in [0.3, 0.4) is 0 Å². The maximum atomic E-state index is 12.2. The van der Waals surface area contributed by atoms with Crippen LogP contribution in [0.4, 0.5) is 5.69 Å². The Morgan fingerprint density at radius 2 is 2.10 bits per heavy atom. The fourth-order valence-corrected chi connectivity index (χ4v) is 3.33. The number of fused-ring (bicyclic) bond motifs is 1. The second-order valence-electron chi connectivity index (χ2n) is 5.44. The van der Waals surface area contributed by atoms with Crippen LogP contribution in [-0.4, -0.2) is 22.1 Å². The Kier molecular flexibility index (Phi) is 3.85. The monoisotopic (exact) mass is 347 g/mol. The number of Topliss-reactive ketones (excluding diaryl/α,β-unsaturated/α-hetero) is 1. The first-order valence-corrected chi connectivity index (χ1v) is 7.92. The first-order valence-electron chi connectivity index (χ1n) is 7.13. The van der Waals surface area contributed by atoms with Gasteiger partial charge in [-0.05, 0) is 41.4 Å². The van der Waals surface area contributed by atoms with Crippen molar-refractivity contribution in [1.82, 2.24) is 9.78 Å². The average molecular weight is 348 g/mol. The van der Waals surface area contributed by atoms with Crippen LogP contribution in [0.2, 0.25) is 0 Å². The highest BCUT2D eigenvalue weighted by molar-refractivity contribution is 9.10. The molecule has 0 spiro atoms. The lowest BCUT2D eigenvalue weighted by atomic mass is 10.1. The van der Waals surface area contributed by atoms with Gasteiger partial charge in [0.1, 0.15) is 0 Å². The number of hydrogen-bond donors (Lipinski definition) is 0. The van der Waals surface area contributed by atoms with Crippen molar-refractivity contribution in [2.45, 2.75) is 26.3 Å². The van der Waals surface area contributed by atoms with Gasteiger partial charge in [0.25, 0.3) is 0 Å². The molecule has 1 aliphatic heterocycles. The first kappa shape index (κ1) is 14.3. The first-order chi connectivity index (χ1) is 10.1. The minimum absolute atomic E-state index is 0.244. The van der Waals surface area contributed by atoms with Gasteiger partial charge < -0.3 is 4.90 Å². The van der Waals surface area contributed by atoms with Gasteiger partial charge in [0, 0.05) is 31.3 Å². The molecule has 5 heteroatoms. The Labute approximate surface area is 132 Å². The lowest BCUT2D eigenvalue weighted by molar-refractivity contribution is 0.0984. The minimum Gasteiger partial charge on any atom is -0.365 e. The van der Waals surface area contributed by atoms with E-state index < -0.39 is 0 Å². The summed E-state index contributed by atoms with van der Waals surface area (Å²) < 4.78 is 2.97. The SMILES string of the molecule is Cc1nn(C)c(CN2CCCC(=O)c3ccccc32)c1Br. The number of rotatable bonds is 2. The van der Waals surface area contributed by atoms with Crippen LogP contribution in [-0.2, 0) is 13.6 Å². The number of benzene rings is 1. The highest BCUT2D eigenvalue weighted by Crippen LogP contribution is 2.29. The van der Waals surface area contributed by atoms with E-state index in [1.807, 2.05) is 42.9 Å². The molecule has 0 radical (unpaired) electrons. The van der Waals surface area contributed by atoms with Crippen molar-refractivity contribution in [3.8, 4) is 0 Å². The number of hydrogen-bond acceptors (Lipinski definition) is 3. The smallest absolute Gasteiger partial charge is 0.165 e. The summed E-state index contributed by atoms with van der Waals surface area (Å²) in [7, 11) is 1.96. The molecule has 0 unspecified atom stereocenters. The van der Waals surface area contributed by atoms with Gasteiger partial charge >= 0.3 is 0 Å². The third-order valence-corrected chi connectivity index (χ3v) is 5.01. The molecule has 4 nitrogen and oxygen atoms in total. The van der Waals surface area contributed by atoms with E-state index in [1.165, 1.54) is 0 Å². The predicted octanol–water partition coefficient (Wildman–Crippen LogP) is 3.47. The summed E-state index contributed by atoms with van der Waals surface area (Å²) >= 11 is 3.62. The zero-order valence-electron chi connectivity index (χ0n) is 12.3. The van der Waals surface area contributed by atoms with Crippen LogP contribution in [0.25, 0.3) is 0 Å². The molecule has 2 heterocycles. The summed E-state index contributed by atoms with van der Waals surface area (Å²) in [5, 5.41) is 4.45. The van der Waals surface area contributed by atoms with Gasteiger partial charge in [0.05, 0.1) is 22.4 Å². The Balaban J connectivity index is 1.99. The van der Waals surface area contributed by atoms with Gasteiger partial charge in [-0.2, -0.15) is 5.10 Å². The lowest BCUT2D eigenvalue weighted by Crippen LogP contribution is -2.25. The van der Waals surface area contributed by atoms with E-state index in [0.717, 1.165) is 46.6 Å². The molecule has 110 valence electrons. The average Bonchev–Trinajstić information content (AvgIpc) is 2.63. The molecule has 3 rings (SSSR count). The number of carbonyl (C=O) groups is 1. The molecule has 0 fully saturated rings. The molecule has 21 heavy (non-hydrogen) atoms. The van der Waals surface area contributed by atoms with Gasteiger partial charge in [0.2, 0.25) is 0 Å². The van der Waals surface area contributed by atoms with E-state index in [2.05, 4.69) is 25.9 Å². The van der Waals surface area contributed by atoms with Crippen molar-refractivity contribution in [1.29, 1.82) is 0 Å². The molecule has 0 saturated carbocycles. The maximum absolute atomic E-state index is 12.2. The number of carbonyl (C=O) groups excluding carboxylic acids is 1. The Morgan fingerprint density at radius 1 is 1.33 bits per heavy atom. The summed E-state index contributed by atoms with van der Waals surface area (Å²) in [6.45, 7) is 3.63. The molecule has 1 aliphatic rings. The third kappa shape index (κ3) is 2.62. The lowest BCUT2D eigenvalue weighted by Gasteiger charge is -2.24.